The van der Waals surface area contributed by atoms with E-state index in [4.69, 9.17) is 0 Å². The average molecular weight is 643 g/mol. The normalized spacial score (nSPS) is 13.4. The van der Waals surface area contributed by atoms with Gasteiger partial charge in [-0.3, -0.25) is 19.6 Å². The number of carbonyl (C=O) groups excluding carboxylic acids is 2. The first kappa shape index (κ1) is 33.6. The van der Waals surface area contributed by atoms with Gasteiger partial charge in [0.15, 0.2) is 0 Å². The first-order chi connectivity index (χ1) is 23.3. The largest absolute Gasteiger partial charge is 0.324 e. The van der Waals surface area contributed by atoms with Gasteiger partial charge in [0.1, 0.15) is 11.6 Å². The quantitative estimate of drug-likeness (QED) is 0.139. The Hall–Kier alpha value is -5.76. The number of rotatable bonds is 7. The first-order valence-electron chi connectivity index (χ1n) is 15.7. The first-order valence-corrected chi connectivity index (χ1v) is 15.7. The zero-order valence-electron chi connectivity index (χ0n) is 26.7. The minimum absolute atomic E-state index is 0.0758. The molecule has 6 aromatic rings. The number of fused-ring (bicyclic) bond motifs is 2. The van der Waals surface area contributed by atoms with Crippen molar-refractivity contribution in [2.45, 2.75) is 38.6 Å². The summed E-state index contributed by atoms with van der Waals surface area (Å²) in [5.74, 6) is -0.331. The molecule has 0 saturated carbocycles. The molecule has 2 aromatic heterocycles. The number of hydrogen-bond acceptors (Lipinski definition) is 4. The van der Waals surface area contributed by atoms with E-state index < -0.39 is 0 Å². The van der Waals surface area contributed by atoms with Crippen molar-refractivity contribution in [3.05, 3.63) is 157 Å². The van der Waals surface area contributed by atoms with E-state index in [0.717, 1.165) is 57.1 Å². The van der Waals surface area contributed by atoms with Crippen molar-refractivity contribution in [2.75, 3.05) is 10.2 Å². The minimum atomic E-state index is -0.215. The number of nitrogens with zero attached hydrogens (tertiary/aromatic N) is 3. The van der Waals surface area contributed by atoms with Gasteiger partial charge in [-0.2, -0.15) is 0 Å². The van der Waals surface area contributed by atoms with Crippen LogP contribution in [0.5, 0.6) is 0 Å². The predicted molar refractivity (Wildman–Crippen MR) is 189 cm³/mol. The number of β-lactam (4-membered cyclic amide) rings is 1. The summed E-state index contributed by atoms with van der Waals surface area (Å²) < 4.78 is 25.5. The number of aromatic nitrogens is 2. The Kier molecular flexibility index (Phi) is 11.3. The van der Waals surface area contributed by atoms with E-state index in [1.54, 1.807) is 36.7 Å². The Morgan fingerprint density at radius 2 is 1.48 bits per heavy atom. The van der Waals surface area contributed by atoms with Gasteiger partial charge in [-0.25, -0.2) is 8.78 Å². The molecule has 1 fully saturated rings. The van der Waals surface area contributed by atoms with E-state index >= 15 is 0 Å². The molecule has 0 spiro atoms. The molecule has 3 heterocycles. The van der Waals surface area contributed by atoms with Crippen molar-refractivity contribution < 1.29 is 18.4 Å². The molecule has 242 valence electrons. The highest BCUT2D eigenvalue weighted by atomic mass is 19.1. The van der Waals surface area contributed by atoms with Crippen LogP contribution in [0, 0.1) is 18.6 Å². The van der Waals surface area contributed by atoms with Gasteiger partial charge in [0.2, 0.25) is 11.8 Å². The van der Waals surface area contributed by atoms with E-state index in [9.17, 15) is 18.4 Å². The van der Waals surface area contributed by atoms with Gasteiger partial charge >= 0.3 is 0 Å². The molecule has 1 unspecified atom stereocenters. The van der Waals surface area contributed by atoms with Crippen LogP contribution in [0.2, 0.25) is 0 Å². The lowest BCUT2D eigenvalue weighted by Crippen LogP contribution is -2.53. The van der Waals surface area contributed by atoms with Crippen molar-refractivity contribution in [1.82, 2.24) is 9.97 Å². The van der Waals surface area contributed by atoms with Gasteiger partial charge in [-0.05, 0) is 79.4 Å². The fourth-order valence-electron chi connectivity index (χ4n) is 5.50. The molecule has 8 heteroatoms. The minimum Gasteiger partial charge on any atom is -0.324 e. The van der Waals surface area contributed by atoms with Crippen LogP contribution in [0.15, 0.2) is 134 Å². The van der Waals surface area contributed by atoms with Gasteiger partial charge in [-0.1, -0.05) is 66.7 Å². The lowest BCUT2D eigenvalue weighted by atomic mass is 9.93. The van der Waals surface area contributed by atoms with Crippen molar-refractivity contribution in [2.24, 2.45) is 0 Å². The summed E-state index contributed by atoms with van der Waals surface area (Å²) >= 11 is 0. The second-order valence-electron chi connectivity index (χ2n) is 11.4. The maximum absolute atomic E-state index is 13.3. The monoisotopic (exact) mass is 642 g/mol. The molecule has 48 heavy (non-hydrogen) atoms. The molecular formula is C40H36F2N4O2. The Balaban J connectivity index is 0.000000161. The van der Waals surface area contributed by atoms with Crippen LogP contribution >= 0.6 is 0 Å². The standard InChI is InChI=1S/C20H17FN2O.C13H12N2O.C7H7F/c21-16-7-1-4-14(12-16)9-10-17-13-19(24)23(17)18-8-2-5-15-6-3-11-22-20(15)18;1-2-5-12(16)15-11-8-3-6-10-7-4-9-14-13(10)11;1-6-3-2-4-7(8)5-6/h1-8,11-12,17H,9-10,13H2;2-4,6-9H,1,5H2,(H,15,16);2-5H,1H3. The van der Waals surface area contributed by atoms with Gasteiger partial charge in [0.25, 0.3) is 0 Å². The van der Waals surface area contributed by atoms with Crippen LogP contribution in [-0.2, 0) is 16.0 Å². The van der Waals surface area contributed by atoms with Crippen LogP contribution in [0.3, 0.4) is 0 Å². The molecular weight excluding hydrogens is 606 g/mol. The van der Waals surface area contributed by atoms with Crippen molar-refractivity contribution in [1.29, 1.82) is 0 Å². The van der Waals surface area contributed by atoms with Gasteiger partial charge in [0, 0.05) is 42.0 Å². The summed E-state index contributed by atoms with van der Waals surface area (Å²) in [6, 6.07) is 32.6. The molecule has 4 aromatic carbocycles. The fraction of sp³-hybridized carbons (Fsp3) is 0.150. The Morgan fingerprint density at radius 3 is 2.12 bits per heavy atom. The Labute approximate surface area is 278 Å². The van der Waals surface area contributed by atoms with Gasteiger partial charge in [-0.15, -0.1) is 6.58 Å². The molecule has 7 rings (SSSR count). The van der Waals surface area contributed by atoms with Gasteiger partial charge < -0.3 is 10.2 Å². The molecule has 1 aliphatic rings. The average Bonchev–Trinajstić information content (AvgIpc) is 3.07. The number of pyridine rings is 2. The van der Waals surface area contributed by atoms with E-state index in [0.29, 0.717) is 12.8 Å². The van der Waals surface area contributed by atoms with Crippen molar-refractivity contribution in [3.8, 4) is 0 Å². The molecule has 1 saturated heterocycles. The summed E-state index contributed by atoms with van der Waals surface area (Å²) in [4.78, 5) is 34.2. The van der Waals surface area contributed by atoms with Gasteiger partial charge in [0.05, 0.1) is 22.4 Å². The maximum atomic E-state index is 13.3. The van der Waals surface area contributed by atoms with E-state index in [1.165, 1.54) is 18.2 Å². The Bertz CT molecular complexity index is 2020. The highest BCUT2D eigenvalue weighted by Crippen LogP contribution is 2.34. The predicted octanol–water partition coefficient (Wildman–Crippen LogP) is 9.00. The van der Waals surface area contributed by atoms with E-state index in [2.05, 4.69) is 21.9 Å². The van der Waals surface area contributed by atoms with Crippen molar-refractivity contribution in [3.63, 3.8) is 0 Å². The number of carbonyl (C=O) groups is 2. The lowest BCUT2D eigenvalue weighted by molar-refractivity contribution is -0.124. The van der Waals surface area contributed by atoms with Crippen LogP contribution in [0.1, 0.15) is 30.4 Å². The van der Waals surface area contributed by atoms with Crippen LogP contribution in [-0.4, -0.2) is 27.8 Å². The number of hydrogen-bond donors (Lipinski definition) is 1. The third kappa shape index (κ3) is 8.73. The number of para-hydroxylation sites is 2. The number of halogens is 2. The fourth-order valence-corrected chi connectivity index (χ4v) is 5.50. The van der Waals surface area contributed by atoms with E-state index in [-0.39, 0.29) is 29.5 Å². The summed E-state index contributed by atoms with van der Waals surface area (Å²) in [6.45, 7) is 5.39. The molecule has 0 radical (unpaired) electrons. The molecule has 1 atom stereocenters. The SMILES string of the molecule is C=CCC(=O)Nc1cccc2cccnc12.Cc1cccc(F)c1.O=C1CC(CCc2cccc(F)c2)N1c1cccc2cccnc12. The lowest BCUT2D eigenvalue weighted by Gasteiger charge is -2.41. The number of benzene rings is 4. The molecule has 2 amide bonds. The zero-order chi connectivity index (χ0) is 33.9. The summed E-state index contributed by atoms with van der Waals surface area (Å²) in [7, 11) is 0. The molecule has 1 aliphatic heterocycles. The van der Waals surface area contributed by atoms with Crippen molar-refractivity contribution >= 4 is 45.0 Å². The third-order valence-electron chi connectivity index (χ3n) is 7.79. The number of aryl methyl sites for hydroxylation is 2. The summed E-state index contributed by atoms with van der Waals surface area (Å²) in [6.07, 6.45) is 7.46. The molecule has 6 nitrogen and oxygen atoms in total. The maximum Gasteiger partial charge on any atom is 0.229 e. The van der Waals surface area contributed by atoms with Crippen LogP contribution in [0.25, 0.3) is 21.8 Å². The Morgan fingerprint density at radius 1 is 0.854 bits per heavy atom. The third-order valence-corrected chi connectivity index (χ3v) is 7.79. The summed E-state index contributed by atoms with van der Waals surface area (Å²) in [5.41, 5.74) is 5.19. The van der Waals surface area contributed by atoms with Crippen LogP contribution < -0.4 is 10.2 Å². The number of nitrogens with one attached hydrogen (secondary N) is 1. The second-order valence-corrected chi connectivity index (χ2v) is 11.4. The van der Waals surface area contributed by atoms with E-state index in [1.807, 2.05) is 84.6 Å². The summed E-state index contributed by atoms with van der Waals surface area (Å²) in [5, 5.41) is 4.85. The second kappa shape index (κ2) is 16.2. The number of amides is 2. The zero-order valence-corrected chi connectivity index (χ0v) is 26.7. The highest BCUT2D eigenvalue weighted by molar-refractivity contribution is 6.07. The molecule has 0 bridgehead atoms. The molecule has 0 aliphatic carbocycles. The highest BCUT2D eigenvalue weighted by Gasteiger charge is 2.37. The van der Waals surface area contributed by atoms with Crippen LogP contribution in [0.4, 0.5) is 20.2 Å². The molecule has 1 N–H and O–H groups in total. The smallest absolute Gasteiger partial charge is 0.229 e. The topological polar surface area (TPSA) is 75.2 Å². The number of anilines is 2.